The maximum Gasteiger partial charge on any atom is 0.243 e. The van der Waals surface area contributed by atoms with Gasteiger partial charge in [-0.05, 0) is 49.4 Å². The molecule has 1 N–H and O–H groups in total. The number of halogens is 2. The summed E-state index contributed by atoms with van der Waals surface area (Å²) in [6, 6.07) is 5.43. The Kier molecular flexibility index (Phi) is 5.05. The predicted octanol–water partition coefficient (Wildman–Crippen LogP) is 2.55. The van der Waals surface area contributed by atoms with Gasteiger partial charge >= 0.3 is 0 Å². The third kappa shape index (κ3) is 3.15. The molecule has 0 aromatic heterocycles. The first-order valence-electron chi connectivity index (χ1n) is 6.90. The molecule has 2 aliphatic heterocycles. The summed E-state index contributed by atoms with van der Waals surface area (Å²) in [6.07, 6.45) is 2.04. The average Bonchev–Trinajstić information content (AvgIpc) is 3.04. The summed E-state index contributed by atoms with van der Waals surface area (Å²) >= 11 is 3.36. The normalized spacial score (nSPS) is 26.2. The molecule has 1 spiro atoms. The number of benzene rings is 1. The first kappa shape index (κ1) is 17.2. The lowest BCUT2D eigenvalue weighted by Gasteiger charge is -2.23. The van der Waals surface area contributed by atoms with E-state index in [-0.39, 0.29) is 17.8 Å². The number of hydrogen-bond acceptors (Lipinski definition) is 3. The van der Waals surface area contributed by atoms with E-state index in [1.54, 1.807) is 10.4 Å². The second-order valence-electron chi connectivity index (χ2n) is 5.93. The molecule has 4 nitrogen and oxygen atoms in total. The van der Waals surface area contributed by atoms with Gasteiger partial charge < -0.3 is 5.32 Å². The molecule has 2 heterocycles. The lowest BCUT2D eigenvalue weighted by Crippen LogP contribution is -2.33. The molecule has 3 rings (SSSR count). The quantitative estimate of drug-likeness (QED) is 0.837. The van der Waals surface area contributed by atoms with E-state index in [1.165, 1.54) is 0 Å². The van der Waals surface area contributed by atoms with Gasteiger partial charge in [0, 0.05) is 24.1 Å². The minimum Gasteiger partial charge on any atom is -0.316 e. The minimum atomic E-state index is -3.38. The lowest BCUT2D eigenvalue weighted by molar-refractivity contribution is 0.338. The van der Waals surface area contributed by atoms with Crippen LogP contribution in [0.1, 0.15) is 18.4 Å². The van der Waals surface area contributed by atoms with E-state index in [2.05, 4.69) is 21.2 Å². The van der Waals surface area contributed by atoms with Gasteiger partial charge in [0.25, 0.3) is 0 Å². The molecule has 118 valence electrons. The topological polar surface area (TPSA) is 49.4 Å². The zero-order valence-electron chi connectivity index (χ0n) is 11.9. The summed E-state index contributed by atoms with van der Waals surface area (Å²) in [5.74, 6) is 0. The van der Waals surface area contributed by atoms with Crippen molar-refractivity contribution >= 4 is 38.4 Å². The fourth-order valence-electron chi connectivity index (χ4n) is 3.23. The van der Waals surface area contributed by atoms with Crippen LogP contribution in [0, 0.1) is 12.3 Å². The number of aryl methyl sites for hydroxylation is 1. The summed E-state index contributed by atoms with van der Waals surface area (Å²) in [7, 11) is -3.38. The van der Waals surface area contributed by atoms with Crippen molar-refractivity contribution in [1.82, 2.24) is 9.62 Å². The van der Waals surface area contributed by atoms with Crippen molar-refractivity contribution in [3.05, 3.63) is 28.2 Å². The highest BCUT2D eigenvalue weighted by Crippen LogP contribution is 2.39. The summed E-state index contributed by atoms with van der Waals surface area (Å²) in [6.45, 7) is 5.08. The Hall–Kier alpha value is -0.140. The van der Waals surface area contributed by atoms with Crippen molar-refractivity contribution in [2.24, 2.45) is 5.41 Å². The highest BCUT2D eigenvalue weighted by atomic mass is 79.9. The summed E-state index contributed by atoms with van der Waals surface area (Å²) < 4.78 is 28.1. The van der Waals surface area contributed by atoms with Crippen LogP contribution in [0.2, 0.25) is 0 Å². The third-order valence-electron chi connectivity index (χ3n) is 4.50. The van der Waals surface area contributed by atoms with E-state index in [1.807, 2.05) is 19.1 Å². The monoisotopic (exact) mass is 394 g/mol. The van der Waals surface area contributed by atoms with Gasteiger partial charge in [-0.1, -0.05) is 22.0 Å². The van der Waals surface area contributed by atoms with Crippen molar-refractivity contribution < 1.29 is 8.42 Å². The third-order valence-corrected chi connectivity index (χ3v) is 6.98. The van der Waals surface area contributed by atoms with Gasteiger partial charge in [-0.2, -0.15) is 4.31 Å². The highest BCUT2D eigenvalue weighted by molar-refractivity contribution is 9.10. The van der Waals surface area contributed by atoms with Crippen molar-refractivity contribution in [2.45, 2.75) is 24.7 Å². The van der Waals surface area contributed by atoms with Crippen molar-refractivity contribution in [3.8, 4) is 0 Å². The van der Waals surface area contributed by atoms with E-state index in [9.17, 15) is 8.42 Å². The molecule has 1 unspecified atom stereocenters. The van der Waals surface area contributed by atoms with Crippen LogP contribution in [0.5, 0.6) is 0 Å². The molecule has 2 saturated heterocycles. The first-order valence-corrected chi connectivity index (χ1v) is 9.13. The van der Waals surface area contributed by atoms with E-state index in [0.29, 0.717) is 18.0 Å². The summed E-state index contributed by atoms with van der Waals surface area (Å²) in [4.78, 5) is 0.426. The first-order chi connectivity index (χ1) is 9.43. The van der Waals surface area contributed by atoms with E-state index in [4.69, 9.17) is 0 Å². The van der Waals surface area contributed by atoms with E-state index < -0.39 is 10.0 Å². The molecule has 7 heteroatoms. The molecule has 0 radical (unpaired) electrons. The number of nitrogens with zero attached hydrogens (tertiary/aromatic N) is 1. The van der Waals surface area contributed by atoms with Gasteiger partial charge in [0.1, 0.15) is 0 Å². The van der Waals surface area contributed by atoms with E-state index >= 15 is 0 Å². The minimum absolute atomic E-state index is 0. The van der Waals surface area contributed by atoms with Crippen LogP contribution >= 0.6 is 28.3 Å². The van der Waals surface area contributed by atoms with Crippen LogP contribution in [-0.4, -0.2) is 38.9 Å². The van der Waals surface area contributed by atoms with Crippen LogP contribution in [0.15, 0.2) is 27.6 Å². The Morgan fingerprint density at radius 1 is 1.33 bits per heavy atom. The Bertz CT molecular complexity index is 630. The number of nitrogens with one attached hydrogen (secondary N) is 1. The molecular weight excluding hydrogens is 376 g/mol. The van der Waals surface area contributed by atoms with Crippen molar-refractivity contribution in [2.75, 3.05) is 26.2 Å². The molecule has 0 amide bonds. The van der Waals surface area contributed by atoms with Gasteiger partial charge in [-0.15, -0.1) is 12.4 Å². The van der Waals surface area contributed by atoms with Gasteiger partial charge in [0.15, 0.2) is 0 Å². The molecule has 0 bridgehead atoms. The summed E-state index contributed by atoms with van der Waals surface area (Å²) in [5.41, 5.74) is 0.964. The second-order valence-corrected chi connectivity index (χ2v) is 8.75. The molecule has 1 aromatic rings. The van der Waals surface area contributed by atoms with Crippen molar-refractivity contribution in [3.63, 3.8) is 0 Å². The standard InChI is InChI=1S/C14H19BrN2O2S.ClH/c1-11-2-3-12(15)8-13(11)20(18,19)17-7-5-14(10-17)4-6-16-9-14;/h2-3,8,16H,4-7,9-10H2,1H3;1H. The van der Waals surface area contributed by atoms with Crippen LogP contribution in [0.4, 0.5) is 0 Å². The second kappa shape index (κ2) is 6.16. The molecule has 0 saturated carbocycles. The number of sulfonamides is 1. The largest absolute Gasteiger partial charge is 0.316 e. The zero-order chi connectivity index (χ0) is 14.4. The Morgan fingerprint density at radius 3 is 2.76 bits per heavy atom. The maximum atomic E-state index is 12.8. The molecule has 0 aliphatic carbocycles. The Balaban J connectivity index is 0.00000161. The van der Waals surface area contributed by atoms with E-state index in [0.717, 1.165) is 36.0 Å². The molecule has 1 aromatic carbocycles. The number of hydrogen-bond donors (Lipinski definition) is 1. The molecular formula is C14H20BrClN2O2S. The highest BCUT2D eigenvalue weighted by Gasteiger charge is 2.44. The SMILES string of the molecule is Cc1ccc(Br)cc1S(=O)(=O)N1CCC2(CCNC2)C1.Cl. The summed E-state index contributed by atoms with van der Waals surface area (Å²) in [5, 5.41) is 3.36. The van der Waals surface area contributed by atoms with Crippen molar-refractivity contribution in [1.29, 1.82) is 0 Å². The molecule has 21 heavy (non-hydrogen) atoms. The van der Waals surface area contributed by atoms with Gasteiger partial charge in [-0.25, -0.2) is 8.42 Å². The van der Waals surface area contributed by atoms with Crippen LogP contribution in [-0.2, 0) is 10.0 Å². The predicted molar refractivity (Wildman–Crippen MR) is 89.4 cm³/mol. The molecule has 1 atom stereocenters. The Labute approximate surface area is 140 Å². The molecule has 2 fully saturated rings. The lowest BCUT2D eigenvalue weighted by atomic mass is 9.87. The van der Waals surface area contributed by atoms with Gasteiger partial charge in [0.2, 0.25) is 10.0 Å². The smallest absolute Gasteiger partial charge is 0.243 e. The maximum absolute atomic E-state index is 12.8. The average molecular weight is 396 g/mol. The van der Waals surface area contributed by atoms with Crippen LogP contribution < -0.4 is 5.32 Å². The molecule has 2 aliphatic rings. The fourth-order valence-corrected chi connectivity index (χ4v) is 5.55. The number of rotatable bonds is 2. The van der Waals surface area contributed by atoms with Crippen LogP contribution in [0.25, 0.3) is 0 Å². The fraction of sp³-hybridized carbons (Fsp3) is 0.571. The Morgan fingerprint density at radius 2 is 2.10 bits per heavy atom. The van der Waals surface area contributed by atoms with Gasteiger partial charge in [-0.3, -0.25) is 0 Å². The van der Waals surface area contributed by atoms with Gasteiger partial charge in [0.05, 0.1) is 4.90 Å². The van der Waals surface area contributed by atoms with Crippen LogP contribution in [0.3, 0.4) is 0 Å². The zero-order valence-corrected chi connectivity index (χ0v) is 15.2.